The van der Waals surface area contributed by atoms with Crippen LogP contribution in [0, 0.1) is 0 Å². The molecule has 0 saturated carbocycles. The molecule has 0 fully saturated rings. The van der Waals surface area contributed by atoms with Gasteiger partial charge in [-0.05, 0) is 44.9 Å². The first-order valence-corrected chi connectivity index (χ1v) is 34.7. The number of rotatable bonds is 65. The normalized spacial score (nSPS) is 12.0. The van der Waals surface area contributed by atoms with Gasteiger partial charge in [0, 0.05) is 19.3 Å². The zero-order valence-electron chi connectivity index (χ0n) is 51.8. The fourth-order valence-electron chi connectivity index (χ4n) is 10.8. The SMILES string of the molecule is CCCCC/C=C\CCCCCCCC(=O)OCC(COC(=O)CCCCCCCCCCCCCCCCCCCCCCCCCCCCCCCCCC)OC(=O)CCCCCCCCCCCCCCCC. The summed E-state index contributed by atoms with van der Waals surface area (Å²) in [7, 11) is 0. The molecule has 76 heavy (non-hydrogen) atoms. The average molecular weight is 1070 g/mol. The Kier molecular flexibility index (Phi) is 64.1. The Bertz CT molecular complexity index is 1180. The molecule has 0 N–H and O–H groups in total. The highest BCUT2D eigenvalue weighted by Gasteiger charge is 2.19. The third-order valence-electron chi connectivity index (χ3n) is 16.0. The predicted octanol–water partition coefficient (Wildman–Crippen LogP) is 23.6. The molecule has 1 atom stereocenters. The minimum Gasteiger partial charge on any atom is -0.462 e. The molecule has 0 aliphatic carbocycles. The lowest BCUT2D eigenvalue weighted by Gasteiger charge is -2.18. The summed E-state index contributed by atoms with van der Waals surface area (Å²) < 4.78 is 16.9. The first-order valence-electron chi connectivity index (χ1n) is 34.7. The topological polar surface area (TPSA) is 78.9 Å². The van der Waals surface area contributed by atoms with E-state index in [0.29, 0.717) is 19.3 Å². The van der Waals surface area contributed by atoms with Crippen molar-refractivity contribution < 1.29 is 28.6 Å². The van der Waals surface area contributed by atoms with E-state index in [1.165, 1.54) is 295 Å². The Labute approximate surface area is 475 Å². The zero-order valence-corrected chi connectivity index (χ0v) is 51.8. The molecule has 0 spiro atoms. The molecule has 0 heterocycles. The number of carbonyl (C=O) groups is 3. The van der Waals surface area contributed by atoms with E-state index in [1.54, 1.807) is 0 Å². The van der Waals surface area contributed by atoms with Crippen molar-refractivity contribution in [3.8, 4) is 0 Å². The smallest absolute Gasteiger partial charge is 0.306 e. The second-order valence-corrected chi connectivity index (χ2v) is 23.8. The van der Waals surface area contributed by atoms with E-state index < -0.39 is 6.10 Å². The Morgan fingerprint density at radius 3 is 0.684 bits per heavy atom. The Hall–Kier alpha value is -1.85. The van der Waals surface area contributed by atoms with Gasteiger partial charge in [0.2, 0.25) is 0 Å². The molecule has 0 aromatic carbocycles. The van der Waals surface area contributed by atoms with Gasteiger partial charge in [0.15, 0.2) is 6.10 Å². The minimum atomic E-state index is -0.768. The van der Waals surface area contributed by atoms with Gasteiger partial charge in [-0.2, -0.15) is 0 Å². The third kappa shape index (κ3) is 63.0. The number of allylic oxidation sites excluding steroid dienone is 2. The van der Waals surface area contributed by atoms with Crippen LogP contribution < -0.4 is 0 Å². The average Bonchev–Trinajstić information content (AvgIpc) is 3.42. The van der Waals surface area contributed by atoms with Gasteiger partial charge < -0.3 is 14.2 Å². The molecular weight excluding hydrogens is 937 g/mol. The Morgan fingerprint density at radius 1 is 0.250 bits per heavy atom. The fourth-order valence-corrected chi connectivity index (χ4v) is 10.8. The molecule has 0 radical (unpaired) electrons. The van der Waals surface area contributed by atoms with Crippen LogP contribution in [-0.2, 0) is 28.6 Å². The highest BCUT2D eigenvalue weighted by molar-refractivity contribution is 5.71. The maximum atomic E-state index is 12.9. The molecule has 0 amide bonds. The van der Waals surface area contributed by atoms with Crippen molar-refractivity contribution in [2.45, 2.75) is 406 Å². The highest BCUT2D eigenvalue weighted by Crippen LogP contribution is 2.19. The summed E-state index contributed by atoms with van der Waals surface area (Å²) in [6.07, 6.45) is 78.3. The minimum absolute atomic E-state index is 0.0662. The van der Waals surface area contributed by atoms with Gasteiger partial charge in [-0.25, -0.2) is 0 Å². The monoisotopic (exact) mass is 1070 g/mol. The van der Waals surface area contributed by atoms with E-state index in [4.69, 9.17) is 14.2 Å². The van der Waals surface area contributed by atoms with Crippen molar-refractivity contribution in [2.75, 3.05) is 13.2 Å². The van der Waals surface area contributed by atoms with Crippen molar-refractivity contribution in [1.82, 2.24) is 0 Å². The van der Waals surface area contributed by atoms with Crippen LogP contribution in [-0.4, -0.2) is 37.2 Å². The van der Waals surface area contributed by atoms with E-state index in [0.717, 1.165) is 64.2 Å². The van der Waals surface area contributed by atoms with Gasteiger partial charge >= 0.3 is 17.9 Å². The molecule has 0 aromatic heterocycles. The summed E-state index contributed by atoms with van der Waals surface area (Å²) in [6.45, 7) is 6.68. The third-order valence-corrected chi connectivity index (χ3v) is 16.0. The molecule has 0 saturated heterocycles. The molecule has 6 heteroatoms. The largest absolute Gasteiger partial charge is 0.462 e. The molecule has 0 rings (SSSR count). The van der Waals surface area contributed by atoms with Crippen LogP contribution in [0.25, 0.3) is 0 Å². The summed E-state index contributed by atoms with van der Waals surface area (Å²) in [5.41, 5.74) is 0. The van der Waals surface area contributed by atoms with Crippen molar-refractivity contribution in [3.63, 3.8) is 0 Å². The molecule has 6 nitrogen and oxygen atoms in total. The maximum Gasteiger partial charge on any atom is 0.306 e. The van der Waals surface area contributed by atoms with E-state index in [9.17, 15) is 14.4 Å². The predicted molar refractivity (Wildman–Crippen MR) is 330 cm³/mol. The second-order valence-electron chi connectivity index (χ2n) is 23.8. The fraction of sp³-hybridized carbons (Fsp3) is 0.929. The number of hydrogen-bond acceptors (Lipinski definition) is 6. The summed E-state index contributed by atoms with van der Waals surface area (Å²) >= 11 is 0. The lowest BCUT2D eigenvalue weighted by atomic mass is 10.0. The summed E-state index contributed by atoms with van der Waals surface area (Å²) in [6, 6.07) is 0. The van der Waals surface area contributed by atoms with Gasteiger partial charge in [0.1, 0.15) is 13.2 Å². The number of unbranched alkanes of at least 4 members (excludes halogenated alkanes) is 52. The quantitative estimate of drug-likeness (QED) is 0.0261. The van der Waals surface area contributed by atoms with Crippen LogP contribution in [0.15, 0.2) is 12.2 Å². The second kappa shape index (κ2) is 65.7. The molecule has 0 aliphatic rings. The van der Waals surface area contributed by atoms with Crippen molar-refractivity contribution in [3.05, 3.63) is 12.2 Å². The van der Waals surface area contributed by atoms with Crippen LogP contribution >= 0.6 is 0 Å². The Balaban J connectivity index is 4.03. The van der Waals surface area contributed by atoms with Crippen molar-refractivity contribution in [2.24, 2.45) is 0 Å². The van der Waals surface area contributed by atoms with Gasteiger partial charge in [0.25, 0.3) is 0 Å². The van der Waals surface area contributed by atoms with Gasteiger partial charge in [-0.1, -0.05) is 348 Å². The summed E-state index contributed by atoms with van der Waals surface area (Å²) in [5.74, 6) is -0.846. The van der Waals surface area contributed by atoms with Crippen LogP contribution in [0.2, 0.25) is 0 Å². The van der Waals surface area contributed by atoms with Gasteiger partial charge in [-0.15, -0.1) is 0 Å². The van der Waals surface area contributed by atoms with Crippen LogP contribution in [0.3, 0.4) is 0 Å². The van der Waals surface area contributed by atoms with Crippen LogP contribution in [0.1, 0.15) is 400 Å². The van der Waals surface area contributed by atoms with E-state index in [2.05, 4.69) is 32.9 Å². The van der Waals surface area contributed by atoms with Crippen LogP contribution in [0.5, 0.6) is 0 Å². The number of carbonyl (C=O) groups excluding carboxylic acids is 3. The van der Waals surface area contributed by atoms with Gasteiger partial charge in [0.05, 0.1) is 0 Å². The number of esters is 3. The van der Waals surface area contributed by atoms with Crippen LogP contribution in [0.4, 0.5) is 0 Å². The lowest BCUT2D eigenvalue weighted by Crippen LogP contribution is -2.30. The maximum absolute atomic E-state index is 12.9. The number of ether oxygens (including phenoxy) is 3. The summed E-state index contributed by atoms with van der Waals surface area (Å²) in [5, 5.41) is 0. The molecule has 0 aliphatic heterocycles. The molecular formula is C70H134O6. The Morgan fingerprint density at radius 2 is 0.434 bits per heavy atom. The van der Waals surface area contributed by atoms with E-state index in [1.807, 2.05) is 0 Å². The molecule has 0 bridgehead atoms. The van der Waals surface area contributed by atoms with Crippen molar-refractivity contribution in [1.29, 1.82) is 0 Å². The summed E-state index contributed by atoms with van der Waals surface area (Å²) in [4.78, 5) is 38.2. The molecule has 450 valence electrons. The van der Waals surface area contributed by atoms with Crippen molar-refractivity contribution >= 4 is 17.9 Å². The first kappa shape index (κ1) is 74.2. The van der Waals surface area contributed by atoms with Gasteiger partial charge in [-0.3, -0.25) is 14.4 Å². The number of hydrogen-bond donors (Lipinski definition) is 0. The van der Waals surface area contributed by atoms with E-state index >= 15 is 0 Å². The molecule has 0 aromatic rings. The molecule has 1 unspecified atom stereocenters. The standard InChI is InChI=1S/C70H134O6/c1-4-7-10-13-16-19-22-25-27-28-29-30-31-32-33-34-35-36-37-38-39-40-41-42-43-44-46-48-51-54-57-60-63-69(72)75-66-67(65-74-68(71)62-59-56-53-50-47-24-21-18-15-12-9-6-3)76-70(73)64-61-58-55-52-49-45-26-23-20-17-14-11-8-5-2/h18,21,67H,4-17,19-20,22-66H2,1-3H3/b21-18-. The van der Waals surface area contributed by atoms with E-state index in [-0.39, 0.29) is 31.1 Å². The lowest BCUT2D eigenvalue weighted by molar-refractivity contribution is -0.167. The highest BCUT2D eigenvalue weighted by atomic mass is 16.6. The first-order chi connectivity index (χ1) is 37.5. The zero-order chi connectivity index (χ0) is 55.0.